The first-order valence-corrected chi connectivity index (χ1v) is 15.5. The van der Waals surface area contributed by atoms with Crippen LogP contribution < -0.4 is 15.6 Å². The predicted molar refractivity (Wildman–Crippen MR) is 149 cm³/mol. The largest absolute Gasteiger partial charge is 0.492 e. The lowest BCUT2D eigenvalue weighted by Gasteiger charge is -2.17. The Balaban J connectivity index is 1.39. The molecule has 3 heterocycles. The van der Waals surface area contributed by atoms with Crippen molar-refractivity contribution >= 4 is 43.3 Å². The number of hydrogen-bond acceptors (Lipinski definition) is 8. The Morgan fingerprint density at radius 3 is 2.38 bits per heavy atom. The number of imidazole rings is 1. The number of ether oxygens (including phenoxy) is 1. The molecular formula is C25H22ClN5O7P2. The first-order chi connectivity index (χ1) is 19.1. The number of aromatic amines is 1. The molecule has 12 nitrogen and oxygen atoms in total. The van der Waals surface area contributed by atoms with E-state index in [4.69, 9.17) is 20.6 Å². The number of aromatic nitrogens is 5. The van der Waals surface area contributed by atoms with Crippen molar-refractivity contribution in [1.29, 1.82) is 0 Å². The summed E-state index contributed by atoms with van der Waals surface area (Å²) in [6, 6.07) is 15.5. The number of nitrogens with zero attached hydrogens (tertiary/aromatic N) is 4. The summed E-state index contributed by atoms with van der Waals surface area (Å²) in [5.41, 5.74) is 0.973. The number of halogens is 1. The third-order valence-electron chi connectivity index (χ3n) is 5.77. The van der Waals surface area contributed by atoms with Crippen molar-refractivity contribution in [2.75, 3.05) is 6.61 Å². The van der Waals surface area contributed by atoms with E-state index >= 15 is 0 Å². The van der Waals surface area contributed by atoms with Crippen LogP contribution in [0.15, 0.2) is 84.2 Å². The molecule has 0 spiro atoms. The fourth-order valence-electron chi connectivity index (χ4n) is 3.97. The molecule has 5 aromatic rings. The van der Waals surface area contributed by atoms with Crippen LogP contribution >= 0.6 is 26.8 Å². The zero-order valence-electron chi connectivity index (χ0n) is 20.6. The van der Waals surface area contributed by atoms with Gasteiger partial charge in [-0.15, -0.1) is 0 Å². The van der Waals surface area contributed by atoms with Gasteiger partial charge < -0.3 is 24.1 Å². The minimum atomic E-state index is -4.67. The van der Waals surface area contributed by atoms with Crippen LogP contribution in [0.25, 0.3) is 22.6 Å². The second-order valence-corrected chi connectivity index (χ2v) is 12.8. The molecule has 0 aliphatic carbocycles. The lowest BCUT2D eigenvalue weighted by atomic mass is 10.2. The van der Waals surface area contributed by atoms with Gasteiger partial charge in [-0.1, -0.05) is 23.7 Å². The van der Waals surface area contributed by atoms with E-state index < -0.39 is 26.9 Å². The highest BCUT2D eigenvalue weighted by Gasteiger charge is 2.34. The van der Waals surface area contributed by atoms with E-state index in [2.05, 4.69) is 19.9 Å². The molecule has 0 fully saturated rings. The van der Waals surface area contributed by atoms with E-state index in [0.29, 0.717) is 27.7 Å². The molecule has 40 heavy (non-hydrogen) atoms. The summed E-state index contributed by atoms with van der Waals surface area (Å²) in [4.78, 5) is 48.3. The number of rotatable bonds is 10. The molecular weight excluding hydrogens is 580 g/mol. The molecule has 0 aliphatic rings. The molecule has 15 heteroatoms. The van der Waals surface area contributed by atoms with Crippen LogP contribution in [-0.2, 0) is 26.1 Å². The Labute approximate surface area is 232 Å². The van der Waals surface area contributed by atoms with Crippen molar-refractivity contribution in [3.63, 3.8) is 0 Å². The van der Waals surface area contributed by atoms with Crippen molar-refractivity contribution in [3.8, 4) is 17.1 Å². The average Bonchev–Trinajstić information content (AvgIpc) is 3.29. The van der Waals surface area contributed by atoms with Gasteiger partial charge in [-0.2, -0.15) is 0 Å². The lowest BCUT2D eigenvalue weighted by Crippen LogP contribution is -2.15. The number of H-pyrrole nitrogens is 1. The van der Waals surface area contributed by atoms with Gasteiger partial charge in [-0.3, -0.25) is 18.9 Å². The molecule has 0 saturated carbocycles. The van der Waals surface area contributed by atoms with Crippen LogP contribution in [-0.4, -0.2) is 40.9 Å². The first-order valence-electron chi connectivity index (χ1n) is 11.8. The molecule has 5 rings (SSSR count). The highest BCUT2D eigenvalue weighted by Crippen LogP contribution is 2.60. The second kappa shape index (κ2) is 11.5. The molecule has 0 aliphatic heterocycles. The van der Waals surface area contributed by atoms with Crippen LogP contribution in [0.3, 0.4) is 0 Å². The van der Waals surface area contributed by atoms with Crippen LogP contribution in [0.5, 0.6) is 5.75 Å². The van der Waals surface area contributed by atoms with Crippen molar-refractivity contribution < 1.29 is 28.0 Å². The van der Waals surface area contributed by atoms with Crippen LogP contribution in [0, 0.1) is 0 Å². The number of fused-ring (bicyclic) bond motifs is 1. The van der Waals surface area contributed by atoms with Crippen molar-refractivity contribution in [2.24, 2.45) is 0 Å². The minimum absolute atomic E-state index is 0.190. The number of nitrogens with one attached hydrogen (secondary N) is 1. The Hall–Kier alpha value is -3.63. The van der Waals surface area contributed by atoms with Gasteiger partial charge in [0.05, 0.1) is 24.3 Å². The maximum absolute atomic E-state index is 12.9. The fraction of sp³-hybridized carbons (Fsp3) is 0.120. The molecule has 0 bridgehead atoms. The zero-order chi connectivity index (χ0) is 28.3. The minimum Gasteiger partial charge on any atom is -0.492 e. The monoisotopic (exact) mass is 601 g/mol. The summed E-state index contributed by atoms with van der Waals surface area (Å²) in [5, 5.41) is 0.384. The number of hydrogen-bond donors (Lipinski definition) is 3. The first kappa shape index (κ1) is 27.9. The van der Waals surface area contributed by atoms with E-state index in [1.807, 2.05) is 0 Å². The number of benzene rings is 2. The average molecular weight is 602 g/mol. The Bertz CT molecular complexity index is 1800. The van der Waals surface area contributed by atoms with Gasteiger partial charge in [0.25, 0.3) is 5.56 Å². The molecule has 2 atom stereocenters. The molecule has 3 aromatic heterocycles. The Kier molecular flexibility index (Phi) is 8.00. The fourth-order valence-corrected chi connectivity index (χ4v) is 7.28. The second-order valence-electron chi connectivity index (χ2n) is 8.59. The van der Waals surface area contributed by atoms with Gasteiger partial charge in [-0.25, -0.2) is 14.3 Å². The predicted octanol–water partition coefficient (Wildman–Crippen LogP) is 4.13. The van der Waals surface area contributed by atoms with E-state index in [9.17, 15) is 23.7 Å². The molecule has 0 radical (unpaired) electrons. The van der Waals surface area contributed by atoms with Crippen LogP contribution in [0.1, 0.15) is 5.56 Å². The molecule has 0 saturated heterocycles. The van der Waals surface area contributed by atoms with Crippen LogP contribution in [0.4, 0.5) is 0 Å². The zero-order valence-corrected chi connectivity index (χ0v) is 23.2. The molecule has 3 N–H and O–H groups in total. The smallest absolute Gasteiger partial charge is 0.365 e. The highest BCUT2D eigenvalue weighted by atomic mass is 35.5. The lowest BCUT2D eigenvalue weighted by molar-refractivity contribution is 0.300. The van der Waals surface area contributed by atoms with Crippen molar-refractivity contribution in [1.82, 2.24) is 24.5 Å². The van der Waals surface area contributed by atoms with Gasteiger partial charge in [0, 0.05) is 23.0 Å². The molecule has 206 valence electrons. The summed E-state index contributed by atoms with van der Waals surface area (Å²) in [6.07, 6.45) is 3.67. The van der Waals surface area contributed by atoms with Gasteiger partial charge in [0.2, 0.25) is 0 Å². The van der Waals surface area contributed by atoms with Crippen molar-refractivity contribution in [2.45, 2.75) is 12.7 Å². The summed E-state index contributed by atoms with van der Waals surface area (Å²) in [7, 11) is -9.14. The van der Waals surface area contributed by atoms with E-state index in [1.165, 1.54) is 55.1 Å². The van der Waals surface area contributed by atoms with Crippen LogP contribution in [0.2, 0.25) is 5.02 Å². The third-order valence-corrected chi connectivity index (χ3v) is 9.64. The standard InChI is InChI=1S/C25H22ClN5O7P2/c26-19-3-5-20(6-4-19)37-14-13-31-22-23(28-16-29-25(22)32)30-24(31)18-1-7-21(8-2-18)40(35,36)38-39(33,34)15-17-9-11-27-12-10-17/h1-12,16H,13-15H2,(H,33,34)(H,35,36)(H,28,29,32). The normalized spacial score (nSPS) is 14.5. The summed E-state index contributed by atoms with van der Waals surface area (Å²) < 4.78 is 37.7. The summed E-state index contributed by atoms with van der Waals surface area (Å²) in [5.74, 6) is 0.959. The number of pyridine rings is 1. The van der Waals surface area contributed by atoms with Gasteiger partial charge in [0.1, 0.15) is 18.2 Å². The molecule has 2 unspecified atom stereocenters. The van der Waals surface area contributed by atoms with Gasteiger partial charge >= 0.3 is 15.2 Å². The Morgan fingerprint density at radius 1 is 0.975 bits per heavy atom. The maximum atomic E-state index is 12.9. The van der Waals surface area contributed by atoms with Crippen molar-refractivity contribution in [3.05, 3.63) is 100 Å². The van der Waals surface area contributed by atoms with Gasteiger partial charge in [-0.05, 0) is 54.1 Å². The van der Waals surface area contributed by atoms with E-state index in [1.54, 1.807) is 28.8 Å². The quantitative estimate of drug-likeness (QED) is 0.198. The van der Waals surface area contributed by atoms with Gasteiger partial charge in [0.15, 0.2) is 11.2 Å². The van der Waals surface area contributed by atoms with E-state index in [0.717, 1.165) is 0 Å². The summed E-state index contributed by atoms with van der Waals surface area (Å²) in [6.45, 7) is 0.421. The maximum Gasteiger partial charge on any atom is 0.365 e. The van der Waals surface area contributed by atoms with E-state index in [-0.39, 0.29) is 29.6 Å². The summed E-state index contributed by atoms with van der Waals surface area (Å²) >= 11 is 5.92. The highest BCUT2D eigenvalue weighted by molar-refractivity contribution is 7.70. The SMILES string of the molecule is O=c1[nH]cnc2nc(-c3ccc(P(=O)(O)OP(=O)(O)Cc4ccncc4)cc3)n(CCOc3ccc(Cl)cc3)c12. The third kappa shape index (κ3) is 6.39. The molecule has 0 amide bonds. The Morgan fingerprint density at radius 2 is 1.68 bits per heavy atom. The molecule has 2 aromatic carbocycles. The topological polar surface area (TPSA) is 170 Å².